The number of aromatic nitrogens is 2. The summed E-state index contributed by atoms with van der Waals surface area (Å²) in [7, 11) is 1.49. The number of carbonyl (C=O) groups excluding carboxylic acids is 1. The number of methoxy groups -OCH3 is 1. The van der Waals surface area contributed by atoms with Gasteiger partial charge in [0.05, 0.1) is 24.6 Å². The number of rotatable bonds is 3. The molecule has 0 radical (unpaired) electrons. The minimum atomic E-state index is -0.390. The molecule has 0 bridgehead atoms. The molecule has 1 aromatic carbocycles. The van der Waals surface area contributed by atoms with Crippen molar-refractivity contribution >= 4 is 49.3 Å². The average Bonchev–Trinajstić information content (AvgIpc) is 2.42. The first-order chi connectivity index (χ1) is 9.52. The van der Waals surface area contributed by atoms with E-state index in [1.165, 1.54) is 13.3 Å². The molecule has 0 aliphatic carbocycles. The van der Waals surface area contributed by atoms with Crippen molar-refractivity contribution < 1.29 is 9.53 Å². The third kappa shape index (κ3) is 3.07. The van der Waals surface area contributed by atoms with E-state index >= 15 is 0 Å². The van der Waals surface area contributed by atoms with Crippen molar-refractivity contribution in [3.8, 4) is 5.75 Å². The molecule has 6 nitrogen and oxygen atoms in total. The predicted octanol–water partition coefficient (Wildman–Crippen LogP) is 2.84. The SMILES string of the molecule is COc1cccc(C(=O)Nc2ncc(Br)nc2Br)c1N. The summed E-state index contributed by atoms with van der Waals surface area (Å²) in [6, 6.07) is 4.97. The maximum atomic E-state index is 12.2. The molecule has 0 unspecified atom stereocenters. The molecule has 8 heteroatoms. The summed E-state index contributed by atoms with van der Waals surface area (Å²) in [4.78, 5) is 20.3. The molecule has 2 rings (SSSR count). The smallest absolute Gasteiger partial charge is 0.259 e. The van der Waals surface area contributed by atoms with E-state index in [4.69, 9.17) is 10.5 Å². The van der Waals surface area contributed by atoms with Crippen LogP contribution in [0.2, 0.25) is 0 Å². The molecule has 1 heterocycles. The Bertz CT molecular complexity index is 664. The Morgan fingerprint density at radius 2 is 2.15 bits per heavy atom. The number of amides is 1. The van der Waals surface area contributed by atoms with Crippen LogP contribution in [0.5, 0.6) is 5.75 Å². The molecule has 1 aromatic heterocycles. The topological polar surface area (TPSA) is 90.1 Å². The van der Waals surface area contributed by atoms with Crippen molar-refractivity contribution in [2.75, 3.05) is 18.2 Å². The maximum absolute atomic E-state index is 12.2. The van der Waals surface area contributed by atoms with E-state index < -0.39 is 5.91 Å². The molecular weight excluding hydrogens is 392 g/mol. The minimum absolute atomic E-state index is 0.272. The van der Waals surface area contributed by atoms with Crippen molar-refractivity contribution in [2.45, 2.75) is 0 Å². The van der Waals surface area contributed by atoms with Crippen molar-refractivity contribution in [1.82, 2.24) is 9.97 Å². The fraction of sp³-hybridized carbons (Fsp3) is 0.0833. The normalized spacial score (nSPS) is 10.2. The summed E-state index contributed by atoms with van der Waals surface area (Å²) in [5.74, 6) is 0.359. The van der Waals surface area contributed by atoms with Crippen molar-refractivity contribution in [2.24, 2.45) is 0 Å². The summed E-state index contributed by atoms with van der Waals surface area (Å²) >= 11 is 6.41. The number of nitrogens with one attached hydrogen (secondary N) is 1. The highest BCUT2D eigenvalue weighted by molar-refractivity contribution is 9.11. The van der Waals surface area contributed by atoms with Gasteiger partial charge in [-0.2, -0.15) is 0 Å². The standard InChI is InChI=1S/C12H10Br2N4O2/c1-20-7-4-2-3-6(9(7)15)12(19)18-11-10(14)17-8(13)5-16-11/h2-5H,15H2,1H3,(H,16,18,19). The lowest BCUT2D eigenvalue weighted by Crippen LogP contribution is -2.16. The summed E-state index contributed by atoms with van der Waals surface area (Å²) in [6.07, 6.45) is 1.48. The van der Waals surface area contributed by atoms with E-state index in [1.54, 1.807) is 18.2 Å². The number of nitrogens with two attached hydrogens (primary N) is 1. The number of para-hydroxylation sites is 1. The molecular formula is C12H10Br2N4O2. The third-order valence-electron chi connectivity index (χ3n) is 2.46. The fourth-order valence-electron chi connectivity index (χ4n) is 1.53. The fourth-order valence-corrected chi connectivity index (χ4v) is 2.44. The maximum Gasteiger partial charge on any atom is 0.259 e. The van der Waals surface area contributed by atoms with Crippen molar-refractivity contribution in [3.63, 3.8) is 0 Å². The summed E-state index contributed by atoms with van der Waals surface area (Å²) in [5, 5.41) is 2.63. The van der Waals surface area contributed by atoms with Crippen LogP contribution in [0.15, 0.2) is 33.6 Å². The number of carbonyl (C=O) groups is 1. The van der Waals surface area contributed by atoms with Crippen LogP contribution in [0.4, 0.5) is 11.5 Å². The first kappa shape index (κ1) is 14.7. The van der Waals surface area contributed by atoms with Crippen LogP contribution in [0, 0.1) is 0 Å². The van der Waals surface area contributed by atoms with Crippen LogP contribution >= 0.6 is 31.9 Å². The second kappa shape index (κ2) is 6.19. The second-order valence-electron chi connectivity index (χ2n) is 3.71. The number of halogens is 2. The van der Waals surface area contributed by atoms with E-state index in [0.29, 0.717) is 26.3 Å². The molecule has 0 saturated carbocycles. The molecule has 0 aliphatic rings. The number of hydrogen-bond acceptors (Lipinski definition) is 5. The largest absolute Gasteiger partial charge is 0.495 e. The molecule has 0 spiro atoms. The van der Waals surface area contributed by atoms with E-state index in [9.17, 15) is 4.79 Å². The minimum Gasteiger partial charge on any atom is -0.495 e. The molecule has 104 valence electrons. The zero-order valence-corrected chi connectivity index (χ0v) is 13.5. The highest BCUT2D eigenvalue weighted by atomic mass is 79.9. The van der Waals surface area contributed by atoms with Gasteiger partial charge in [0, 0.05) is 0 Å². The van der Waals surface area contributed by atoms with Crippen molar-refractivity contribution in [3.05, 3.63) is 39.2 Å². The van der Waals surface area contributed by atoms with Gasteiger partial charge >= 0.3 is 0 Å². The Hall–Kier alpha value is -1.67. The van der Waals surface area contributed by atoms with Gasteiger partial charge in [-0.05, 0) is 44.0 Å². The quantitative estimate of drug-likeness (QED) is 0.771. The van der Waals surface area contributed by atoms with Gasteiger partial charge in [-0.25, -0.2) is 9.97 Å². The van der Waals surface area contributed by atoms with Gasteiger partial charge in [0.2, 0.25) is 0 Å². The number of nitrogen functional groups attached to an aromatic ring is 1. The third-order valence-corrected chi connectivity index (χ3v) is 3.40. The lowest BCUT2D eigenvalue weighted by atomic mass is 10.1. The Morgan fingerprint density at radius 3 is 2.80 bits per heavy atom. The van der Waals surface area contributed by atoms with E-state index in [2.05, 4.69) is 47.1 Å². The molecule has 0 aliphatic heterocycles. The molecule has 20 heavy (non-hydrogen) atoms. The zero-order chi connectivity index (χ0) is 14.7. The van der Waals surface area contributed by atoms with E-state index in [-0.39, 0.29) is 5.69 Å². The summed E-state index contributed by atoms with van der Waals surface area (Å²) < 4.78 is 6.05. The summed E-state index contributed by atoms with van der Waals surface area (Å²) in [5.41, 5.74) is 6.45. The second-order valence-corrected chi connectivity index (χ2v) is 5.27. The van der Waals surface area contributed by atoms with Gasteiger partial charge in [0.15, 0.2) is 5.82 Å². The summed E-state index contributed by atoms with van der Waals surface area (Å²) in [6.45, 7) is 0. The van der Waals surface area contributed by atoms with Gasteiger partial charge in [-0.1, -0.05) is 6.07 Å². The lowest BCUT2D eigenvalue weighted by molar-refractivity contribution is 0.102. The monoisotopic (exact) mass is 400 g/mol. The van der Waals surface area contributed by atoms with Gasteiger partial charge < -0.3 is 15.8 Å². The molecule has 0 fully saturated rings. The number of anilines is 2. The van der Waals surface area contributed by atoms with Crippen LogP contribution in [0.25, 0.3) is 0 Å². The highest BCUT2D eigenvalue weighted by Crippen LogP contribution is 2.26. The first-order valence-electron chi connectivity index (χ1n) is 5.44. The molecule has 2 aromatic rings. The number of hydrogen-bond donors (Lipinski definition) is 2. The molecule has 0 saturated heterocycles. The van der Waals surface area contributed by atoms with Gasteiger partial charge in [-0.15, -0.1) is 0 Å². The zero-order valence-electron chi connectivity index (χ0n) is 10.4. The van der Waals surface area contributed by atoms with Gasteiger partial charge in [-0.3, -0.25) is 4.79 Å². The van der Waals surface area contributed by atoms with Gasteiger partial charge in [0.1, 0.15) is 15.0 Å². The number of nitrogens with zero attached hydrogens (tertiary/aromatic N) is 2. The Labute approximate surface area is 132 Å². The van der Waals surface area contributed by atoms with Crippen molar-refractivity contribution in [1.29, 1.82) is 0 Å². The lowest BCUT2D eigenvalue weighted by Gasteiger charge is -2.10. The van der Waals surface area contributed by atoms with Gasteiger partial charge in [0.25, 0.3) is 5.91 Å². The molecule has 1 amide bonds. The average molecular weight is 402 g/mol. The molecule has 3 N–H and O–H groups in total. The van der Waals surface area contributed by atoms with Crippen LogP contribution in [-0.2, 0) is 0 Å². The predicted molar refractivity (Wildman–Crippen MR) is 82.8 cm³/mol. The highest BCUT2D eigenvalue weighted by Gasteiger charge is 2.15. The van der Waals surface area contributed by atoms with E-state index in [0.717, 1.165) is 0 Å². The van der Waals surface area contributed by atoms with Crippen LogP contribution < -0.4 is 15.8 Å². The Balaban J connectivity index is 2.28. The Kier molecular flexibility index (Phi) is 4.56. The number of benzene rings is 1. The van der Waals surface area contributed by atoms with Crippen LogP contribution in [-0.4, -0.2) is 23.0 Å². The Morgan fingerprint density at radius 1 is 1.40 bits per heavy atom. The van der Waals surface area contributed by atoms with E-state index in [1.807, 2.05) is 0 Å². The van der Waals surface area contributed by atoms with Crippen LogP contribution in [0.1, 0.15) is 10.4 Å². The van der Waals surface area contributed by atoms with Crippen LogP contribution in [0.3, 0.4) is 0 Å². The number of ether oxygens (including phenoxy) is 1. The first-order valence-corrected chi connectivity index (χ1v) is 7.03. The molecule has 0 atom stereocenters.